The van der Waals surface area contributed by atoms with Crippen molar-refractivity contribution in [1.82, 2.24) is 9.55 Å². The predicted octanol–water partition coefficient (Wildman–Crippen LogP) is 1.99. The molecular weight excluding hydrogens is 262 g/mol. The Bertz CT molecular complexity index is 692. The highest BCUT2D eigenvalue weighted by Crippen LogP contribution is 2.17. The van der Waals surface area contributed by atoms with Crippen molar-refractivity contribution in [1.29, 1.82) is 5.26 Å². The minimum atomic E-state index is 0.00481. The standard InChI is InChI=1S/C13H13N3O2S/c14-6-9-1-2-11-12(5-9)16(13(19)15-11)7-10-8-17-3-4-18-10/h1-2,5,10H,3-4,7-8H2,(H,15,19). The van der Waals surface area contributed by atoms with Crippen LogP contribution in [-0.2, 0) is 16.0 Å². The number of nitrogens with zero attached hydrogens (tertiary/aromatic N) is 2. The Labute approximate surface area is 115 Å². The van der Waals surface area contributed by atoms with Crippen LogP contribution >= 0.6 is 12.2 Å². The van der Waals surface area contributed by atoms with E-state index in [1.165, 1.54) is 0 Å². The van der Waals surface area contributed by atoms with Gasteiger partial charge in [-0.25, -0.2) is 0 Å². The molecule has 0 amide bonds. The van der Waals surface area contributed by atoms with Gasteiger partial charge in [-0.3, -0.25) is 0 Å². The summed E-state index contributed by atoms with van der Waals surface area (Å²) < 4.78 is 13.6. The molecule has 1 N–H and O–H groups in total. The lowest BCUT2D eigenvalue weighted by molar-refractivity contribution is -0.0933. The minimum Gasteiger partial charge on any atom is -0.376 e. The quantitative estimate of drug-likeness (QED) is 0.851. The fourth-order valence-electron chi connectivity index (χ4n) is 2.25. The van der Waals surface area contributed by atoms with E-state index in [1.54, 1.807) is 6.07 Å². The number of hydrogen-bond acceptors (Lipinski definition) is 4. The van der Waals surface area contributed by atoms with Crippen LogP contribution in [0.5, 0.6) is 0 Å². The summed E-state index contributed by atoms with van der Waals surface area (Å²) in [5.74, 6) is 0. The van der Waals surface area contributed by atoms with E-state index < -0.39 is 0 Å². The maximum Gasteiger partial charge on any atom is 0.178 e. The van der Waals surface area contributed by atoms with Crippen molar-refractivity contribution in [3.63, 3.8) is 0 Å². The summed E-state index contributed by atoms with van der Waals surface area (Å²) in [5.41, 5.74) is 2.48. The molecule has 1 aliphatic heterocycles. The first-order valence-corrected chi connectivity index (χ1v) is 6.51. The number of hydrogen-bond donors (Lipinski definition) is 1. The van der Waals surface area contributed by atoms with Gasteiger partial charge in [0.1, 0.15) is 0 Å². The number of ether oxygens (including phenoxy) is 2. The van der Waals surface area contributed by atoms with Crippen LogP contribution in [-0.4, -0.2) is 35.5 Å². The highest BCUT2D eigenvalue weighted by atomic mass is 32.1. The van der Waals surface area contributed by atoms with Crippen molar-refractivity contribution in [2.45, 2.75) is 12.6 Å². The Morgan fingerprint density at radius 2 is 2.37 bits per heavy atom. The topological polar surface area (TPSA) is 63.0 Å². The van der Waals surface area contributed by atoms with Gasteiger partial charge in [0.05, 0.1) is 55.1 Å². The van der Waals surface area contributed by atoms with Crippen LogP contribution in [0.25, 0.3) is 11.0 Å². The molecule has 0 aliphatic carbocycles. The molecular formula is C13H13N3O2S. The normalized spacial score (nSPS) is 19.4. The molecule has 1 fully saturated rings. The number of H-pyrrole nitrogens is 1. The van der Waals surface area contributed by atoms with Crippen molar-refractivity contribution < 1.29 is 9.47 Å². The molecule has 5 nitrogen and oxygen atoms in total. The van der Waals surface area contributed by atoms with Gasteiger partial charge in [-0.2, -0.15) is 5.26 Å². The Kier molecular flexibility index (Phi) is 3.34. The molecule has 0 bridgehead atoms. The predicted molar refractivity (Wildman–Crippen MR) is 72.4 cm³/mol. The smallest absolute Gasteiger partial charge is 0.178 e. The molecule has 2 heterocycles. The Morgan fingerprint density at radius 1 is 1.47 bits per heavy atom. The molecule has 0 spiro atoms. The average molecular weight is 275 g/mol. The highest BCUT2D eigenvalue weighted by molar-refractivity contribution is 7.71. The number of imidazole rings is 1. The van der Waals surface area contributed by atoms with Crippen molar-refractivity contribution in [2.24, 2.45) is 0 Å². The van der Waals surface area contributed by atoms with Gasteiger partial charge in [-0.05, 0) is 30.4 Å². The molecule has 1 saturated heterocycles. The number of aromatic nitrogens is 2. The lowest BCUT2D eigenvalue weighted by Gasteiger charge is -2.23. The van der Waals surface area contributed by atoms with Crippen molar-refractivity contribution in [3.8, 4) is 6.07 Å². The van der Waals surface area contributed by atoms with Gasteiger partial charge in [0.15, 0.2) is 4.77 Å². The molecule has 2 aromatic rings. The van der Waals surface area contributed by atoms with Crippen LogP contribution in [0.3, 0.4) is 0 Å². The van der Waals surface area contributed by atoms with E-state index in [4.69, 9.17) is 27.0 Å². The molecule has 0 saturated carbocycles. The molecule has 3 rings (SSSR count). The van der Waals surface area contributed by atoms with Crippen molar-refractivity contribution >= 4 is 23.3 Å². The first-order chi connectivity index (χ1) is 9.28. The van der Waals surface area contributed by atoms with E-state index in [9.17, 15) is 0 Å². The van der Waals surface area contributed by atoms with E-state index >= 15 is 0 Å². The summed E-state index contributed by atoms with van der Waals surface area (Å²) in [6.07, 6.45) is 0.00481. The zero-order valence-electron chi connectivity index (χ0n) is 10.3. The third-order valence-corrected chi connectivity index (χ3v) is 3.50. The van der Waals surface area contributed by atoms with Gasteiger partial charge in [0.25, 0.3) is 0 Å². The first-order valence-electron chi connectivity index (χ1n) is 6.10. The van der Waals surface area contributed by atoms with Gasteiger partial charge < -0.3 is 19.0 Å². The number of fused-ring (bicyclic) bond motifs is 1. The van der Waals surface area contributed by atoms with Crippen molar-refractivity contribution in [2.75, 3.05) is 19.8 Å². The Balaban J connectivity index is 1.99. The maximum atomic E-state index is 8.98. The zero-order chi connectivity index (χ0) is 13.2. The SMILES string of the molecule is N#Cc1ccc2[nH]c(=S)n(CC3COCCO3)c2c1. The number of nitriles is 1. The second-order valence-electron chi connectivity index (χ2n) is 4.45. The van der Waals surface area contributed by atoms with Gasteiger partial charge in [-0.15, -0.1) is 0 Å². The summed E-state index contributed by atoms with van der Waals surface area (Å²) in [6, 6.07) is 7.63. The first kappa shape index (κ1) is 12.4. The molecule has 1 atom stereocenters. The third kappa shape index (κ3) is 2.40. The van der Waals surface area contributed by atoms with Gasteiger partial charge in [0, 0.05) is 0 Å². The highest BCUT2D eigenvalue weighted by Gasteiger charge is 2.17. The molecule has 0 radical (unpaired) electrons. The lowest BCUT2D eigenvalue weighted by atomic mass is 10.2. The van der Waals surface area contributed by atoms with E-state index in [-0.39, 0.29) is 6.10 Å². The second kappa shape index (κ2) is 5.13. The molecule has 1 aromatic heterocycles. The summed E-state index contributed by atoms with van der Waals surface area (Å²) in [6.45, 7) is 2.47. The summed E-state index contributed by atoms with van der Waals surface area (Å²) >= 11 is 5.33. The van der Waals surface area contributed by atoms with Crippen LogP contribution in [0.2, 0.25) is 0 Å². The number of rotatable bonds is 2. The molecule has 19 heavy (non-hydrogen) atoms. The van der Waals surface area contributed by atoms with Gasteiger partial charge in [0.2, 0.25) is 0 Å². The zero-order valence-corrected chi connectivity index (χ0v) is 11.1. The molecule has 98 valence electrons. The largest absolute Gasteiger partial charge is 0.376 e. The van der Waals surface area contributed by atoms with E-state index in [0.717, 1.165) is 11.0 Å². The molecule has 1 unspecified atom stereocenters. The van der Waals surface area contributed by atoms with E-state index in [2.05, 4.69) is 11.1 Å². The summed E-state index contributed by atoms with van der Waals surface area (Å²) in [5, 5.41) is 8.98. The second-order valence-corrected chi connectivity index (χ2v) is 4.84. The van der Waals surface area contributed by atoms with Gasteiger partial charge in [-0.1, -0.05) is 0 Å². The Morgan fingerprint density at radius 3 is 3.11 bits per heavy atom. The number of aromatic amines is 1. The van der Waals surface area contributed by atoms with E-state index in [0.29, 0.717) is 36.7 Å². The summed E-state index contributed by atoms with van der Waals surface area (Å²) in [4.78, 5) is 3.14. The number of benzene rings is 1. The van der Waals surface area contributed by atoms with Gasteiger partial charge >= 0.3 is 0 Å². The van der Waals surface area contributed by atoms with E-state index in [1.807, 2.05) is 16.7 Å². The molecule has 1 aliphatic rings. The fourth-order valence-corrected chi connectivity index (χ4v) is 2.53. The monoisotopic (exact) mass is 275 g/mol. The van der Waals surface area contributed by atoms with Crippen LogP contribution in [0.15, 0.2) is 18.2 Å². The van der Waals surface area contributed by atoms with Crippen LogP contribution in [0, 0.1) is 16.1 Å². The molecule has 6 heteroatoms. The third-order valence-electron chi connectivity index (χ3n) is 3.18. The maximum absolute atomic E-state index is 8.98. The van der Waals surface area contributed by atoms with Crippen molar-refractivity contribution in [3.05, 3.63) is 28.5 Å². The average Bonchev–Trinajstić information content (AvgIpc) is 2.76. The lowest BCUT2D eigenvalue weighted by Crippen LogP contribution is -2.32. The minimum absolute atomic E-state index is 0.00481. The molecule has 1 aromatic carbocycles. The Hall–Kier alpha value is -1.68. The van der Waals surface area contributed by atoms with Crippen LogP contribution in [0.1, 0.15) is 5.56 Å². The van der Waals surface area contributed by atoms with Crippen LogP contribution < -0.4 is 0 Å². The summed E-state index contributed by atoms with van der Waals surface area (Å²) in [7, 11) is 0. The van der Waals surface area contributed by atoms with Crippen LogP contribution in [0.4, 0.5) is 0 Å². The fraction of sp³-hybridized carbons (Fsp3) is 0.385. The number of nitrogens with one attached hydrogen (secondary N) is 1.